The summed E-state index contributed by atoms with van der Waals surface area (Å²) in [5.41, 5.74) is 0. The summed E-state index contributed by atoms with van der Waals surface area (Å²) in [5.74, 6) is 1.87. The average Bonchev–Trinajstić information content (AvgIpc) is 2.17. The maximum absolute atomic E-state index is 11.2. The van der Waals surface area contributed by atoms with E-state index in [0.29, 0.717) is 17.8 Å². The molecule has 1 saturated carbocycles. The normalized spacial score (nSPS) is 31.3. The molecule has 4 heteroatoms. The molecule has 1 aliphatic carbocycles. The Balaban J connectivity index is 2.61. The second kappa shape index (κ2) is 5.54. The fraction of sp³-hybridized carbons (Fsp3) is 0.909. The standard InChI is InChI=1S/C11H20N2OS/c1-7(2)9-5-4-8(3)6-10(9)12-11(14)13-15/h7-10H,4-6H2,1-3H3,(H,12,14). The maximum atomic E-state index is 11.2. The predicted molar refractivity (Wildman–Crippen MR) is 63.5 cm³/mol. The Morgan fingerprint density at radius 2 is 2.13 bits per heavy atom. The molecular weight excluding hydrogens is 208 g/mol. The summed E-state index contributed by atoms with van der Waals surface area (Å²) in [5, 5.41) is 2.92. The monoisotopic (exact) mass is 228 g/mol. The molecule has 3 nitrogen and oxygen atoms in total. The number of hydrogen-bond acceptors (Lipinski definition) is 2. The lowest BCUT2D eigenvalue weighted by molar-refractivity contribution is 0.171. The second-order valence-electron chi connectivity index (χ2n) is 4.97. The van der Waals surface area contributed by atoms with Gasteiger partial charge in [-0.15, -0.1) is 4.36 Å². The number of nitrogens with one attached hydrogen (secondary N) is 1. The smallest absolute Gasteiger partial charge is 0.332 e. The molecule has 3 atom stereocenters. The minimum Gasteiger partial charge on any atom is -0.332 e. The molecule has 15 heavy (non-hydrogen) atoms. The minimum absolute atomic E-state index is 0.257. The van der Waals surface area contributed by atoms with Crippen molar-refractivity contribution in [3.63, 3.8) is 0 Å². The molecule has 1 rings (SSSR count). The molecular formula is C11H20N2OS. The summed E-state index contributed by atoms with van der Waals surface area (Å²) in [7, 11) is 0. The van der Waals surface area contributed by atoms with Crippen LogP contribution >= 0.6 is 0 Å². The molecule has 1 aliphatic rings. The highest BCUT2D eigenvalue weighted by molar-refractivity contribution is 7.47. The van der Waals surface area contributed by atoms with Gasteiger partial charge < -0.3 is 5.32 Å². The first-order chi connectivity index (χ1) is 7.04. The first-order valence-corrected chi connectivity index (χ1v) is 6.05. The Morgan fingerprint density at radius 3 is 2.67 bits per heavy atom. The second-order valence-corrected chi connectivity index (χ2v) is 5.16. The highest BCUT2D eigenvalue weighted by Crippen LogP contribution is 2.33. The molecule has 0 aromatic carbocycles. The molecule has 0 bridgehead atoms. The van der Waals surface area contributed by atoms with Gasteiger partial charge in [-0.2, -0.15) is 0 Å². The van der Waals surface area contributed by atoms with Crippen LogP contribution in [-0.4, -0.2) is 12.1 Å². The van der Waals surface area contributed by atoms with E-state index in [0.717, 1.165) is 6.42 Å². The lowest BCUT2D eigenvalue weighted by Gasteiger charge is -2.37. The number of rotatable bonds is 2. The minimum atomic E-state index is -0.352. The van der Waals surface area contributed by atoms with E-state index in [1.54, 1.807) is 0 Å². The summed E-state index contributed by atoms with van der Waals surface area (Å²) < 4.78 is 3.23. The van der Waals surface area contributed by atoms with Gasteiger partial charge in [0.05, 0.1) is 0 Å². The Labute approximate surface area is 97.2 Å². The van der Waals surface area contributed by atoms with E-state index in [2.05, 4.69) is 42.9 Å². The number of amides is 2. The third-order valence-corrected chi connectivity index (χ3v) is 3.58. The van der Waals surface area contributed by atoms with Crippen LogP contribution in [-0.2, 0) is 12.4 Å². The van der Waals surface area contributed by atoms with Crippen LogP contribution in [0.25, 0.3) is 0 Å². The van der Waals surface area contributed by atoms with Crippen LogP contribution in [0.5, 0.6) is 0 Å². The zero-order valence-corrected chi connectivity index (χ0v) is 10.5. The highest BCUT2D eigenvalue weighted by atomic mass is 32.1. The third kappa shape index (κ3) is 3.52. The van der Waals surface area contributed by atoms with Crippen molar-refractivity contribution in [1.29, 1.82) is 0 Å². The summed E-state index contributed by atoms with van der Waals surface area (Å²) in [6.45, 7) is 6.66. The van der Waals surface area contributed by atoms with Crippen LogP contribution in [0.3, 0.4) is 0 Å². The van der Waals surface area contributed by atoms with Crippen LogP contribution in [0.1, 0.15) is 40.0 Å². The van der Waals surface area contributed by atoms with Crippen LogP contribution in [0.4, 0.5) is 4.79 Å². The third-order valence-electron chi connectivity index (χ3n) is 3.41. The van der Waals surface area contributed by atoms with Gasteiger partial charge in [-0.25, -0.2) is 4.79 Å². The van der Waals surface area contributed by atoms with Crippen LogP contribution in [0.2, 0.25) is 0 Å². The van der Waals surface area contributed by atoms with E-state index >= 15 is 0 Å². The molecule has 0 spiro atoms. The van der Waals surface area contributed by atoms with Crippen LogP contribution in [0.15, 0.2) is 4.36 Å². The predicted octanol–water partition coefficient (Wildman–Crippen LogP) is 2.89. The van der Waals surface area contributed by atoms with Gasteiger partial charge >= 0.3 is 6.03 Å². The lowest BCUT2D eigenvalue weighted by Crippen LogP contribution is -2.44. The number of carbonyl (C=O) groups is 1. The number of carbonyl (C=O) groups excluding carboxylic acids is 1. The Bertz CT molecular complexity index is 243. The summed E-state index contributed by atoms with van der Waals surface area (Å²) in [6, 6.07) is -0.0947. The van der Waals surface area contributed by atoms with Gasteiger partial charge in [0.15, 0.2) is 0 Å². The molecule has 0 heterocycles. The van der Waals surface area contributed by atoms with Crippen molar-refractivity contribution >= 4 is 18.5 Å². The summed E-state index contributed by atoms with van der Waals surface area (Å²) >= 11 is 4.39. The van der Waals surface area contributed by atoms with E-state index in [1.165, 1.54) is 12.8 Å². The molecule has 0 saturated heterocycles. The molecule has 0 aromatic rings. The van der Waals surface area contributed by atoms with Crippen molar-refractivity contribution in [2.75, 3.05) is 0 Å². The molecule has 1 fully saturated rings. The fourth-order valence-corrected chi connectivity index (χ4v) is 2.61. The van der Waals surface area contributed by atoms with Crippen molar-refractivity contribution in [3.05, 3.63) is 0 Å². The SMILES string of the molecule is CC1CCC(C(C)C)C(NC(=O)N=S)C1. The average molecular weight is 228 g/mol. The molecule has 2 amide bonds. The Hall–Kier alpha value is -0.510. The summed E-state index contributed by atoms with van der Waals surface area (Å²) in [4.78, 5) is 11.2. The fourth-order valence-electron chi connectivity index (χ4n) is 2.55. The van der Waals surface area contributed by atoms with E-state index in [4.69, 9.17) is 0 Å². The zero-order chi connectivity index (χ0) is 11.4. The molecule has 3 unspecified atom stereocenters. The Morgan fingerprint density at radius 1 is 1.47 bits per heavy atom. The van der Waals surface area contributed by atoms with E-state index in [1.807, 2.05) is 0 Å². The number of nitrogens with zero attached hydrogens (tertiary/aromatic N) is 1. The van der Waals surface area contributed by atoms with Gasteiger partial charge in [0.25, 0.3) is 0 Å². The van der Waals surface area contributed by atoms with Gasteiger partial charge in [-0.3, -0.25) is 0 Å². The molecule has 0 aliphatic heterocycles. The summed E-state index contributed by atoms with van der Waals surface area (Å²) in [6.07, 6.45) is 3.51. The first kappa shape index (κ1) is 12.6. The van der Waals surface area contributed by atoms with Crippen molar-refractivity contribution in [2.24, 2.45) is 22.1 Å². The molecule has 1 N–H and O–H groups in total. The molecule has 86 valence electrons. The van der Waals surface area contributed by atoms with Crippen molar-refractivity contribution in [2.45, 2.75) is 46.1 Å². The first-order valence-electron chi connectivity index (χ1n) is 5.68. The highest BCUT2D eigenvalue weighted by Gasteiger charge is 2.31. The van der Waals surface area contributed by atoms with E-state index < -0.39 is 0 Å². The van der Waals surface area contributed by atoms with Gasteiger partial charge in [-0.1, -0.05) is 27.2 Å². The van der Waals surface area contributed by atoms with Gasteiger partial charge in [0.2, 0.25) is 0 Å². The van der Waals surface area contributed by atoms with Crippen molar-refractivity contribution in [3.8, 4) is 0 Å². The molecule has 0 radical (unpaired) electrons. The molecule has 0 aromatic heterocycles. The van der Waals surface area contributed by atoms with Crippen molar-refractivity contribution < 1.29 is 4.79 Å². The van der Waals surface area contributed by atoms with E-state index in [9.17, 15) is 4.79 Å². The Kier molecular flexibility index (Phi) is 4.64. The lowest BCUT2D eigenvalue weighted by atomic mass is 9.74. The van der Waals surface area contributed by atoms with Crippen LogP contribution in [0, 0.1) is 17.8 Å². The maximum Gasteiger partial charge on any atom is 0.352 e. The quantitative estimate of drug-likeness (QED) is 0.789. The number of urea groups is 1. The topological polar surface area (TPSA) is 41.5 Å². The van der Waals surface area contributed by atoms with Gasteiger partial charge in [0.1, 0.15) is 0 Å². The van der Waals surface area contributed by atoms with Crippen LogP contribution < -0.4 is 5.32 Å². The zero-order valence-electron chi connectivity index (χ0n) is 9.69. The number of hydrogen-bond donors (Lipinski definition) is 1. The van der Waals surface area contributed by atoms with Gasteiger partial charge in [-0.05, 0) is 30.6 Å². The van der Waals surface area contributed by atoms with E-state index in [-0.39, 0.29) is 12.1 Å². The van der Waals surface area contributed by atoms with Gasteiger partial charge in [0, 0.05) is 18.5 Å². The largest absolute Gasteiger partial charge is 0.352 e. The van der Waals surface area contributed by atoms with Crippen molar-refractivity contribution in [1.82, 2.24) is 5.32 Å².